The number of benzene rings is 1. The second kappa shape index (κ2) is 4.56. The van der Waals surface area contributed by atoms with Crippen LogP contribution in [0.5, 0.6) is 0 Å². The first-order valence-electron chi connectivity index (χ1n) is 5.15. The molecule has 0 fully saturated rings. The van der Waals surface area contributed by atoms with E-state index in [0.717, 1.165) is 12.1 Å². The number of hydrogen-bond acceptors (Lipinski definition) is 1. The predicted octanol–water partition coefficient (Wildman–Crippen LogP) is 4.53. The highest BCUT2D eigenvalue weighted by atomic mass is 28.4. The molecule has 0 unspecified atom stereocenters. The SMILES string of the molecule is C=C(O[Si](C)(C)C)c1ccc(C(F)(F)F)cc1. The number of rotatable bonds is 3. The van der Waals surface area contributed by atoms with Crippen molar-refractivity contribution in [1.82, 2.24) is 0 Å². The Morgan fingerprint density at radius 2 is 1.59 bits per heavy atom. The van der Waals surface area contributed by atoms with Gasteiger partial charge in [-0.3, -0.25) is 0 Å². The number of alkyl halides is 3. The Kier molecular flexibility index (Phi) is 3.71. The van der Waals surface area contributed by atoms with Crippen molar-refractivity contribution in [2.75, 3.05) is 0 Å². The summed E-state index contributed by atoms with van der Waals surface area (Å²) in [5, 5.41) is 0. The van der Waals surface area contributed by atoms with Crippen molar-refractivity contribution in [2.24, 2.45) is 0 Å². The van der Waals surface area contributed by atoms with Crippen LogP contribution in [-0.4, -0.2) is 8.32 Å². The molecule has 0 aliphatic heterocycles. The zero-order valence-corrected chi connectivity index (χ0v) is 11.1. The van der Waals surface area contributed by atoms with E-state index in [9.17, 15) is 13.2 Å². The molecular weight excluding hydrogens is 245 g/mol. The standard InChI is InChI=1S/C12H15F3OSi/c1-9(16-17(2,3)4)10-5-7-11(8-6-10)12(13,14)15/h5-8H,1H2,2-4H3. The maximum Gasteiger partial charge on any atom is 0.416 e. The van der Waals surface area contributed by atoms with Gasteiger partial charge in [-0.05, 0) is 31.8 Å². The van der Waals surface area contributed by atoms with Crippen molar-refractivity contribution in [1.29, 1.82) is 0 Å². The van der Waals surface area contributed by atoms with Crippen LogP contribution in [0, 0.1) is 0 Å². The van der Waals surface area contributed by atoms with E-state index in [0.29, 0.717) is 11.3 Å². The predicted molar refractivity (Wildman–Crippen MR) is 64.9 cm³/mol. The molecule has 1 nitrogen and oxygen atoms in total. The summed E-state index contributed by atoms with van der Waals surface area (Å²) in [5.41, 5.74) is -0.0810. The van der Waals surface area contributed by atoms with Gasteiger partial charge in [0, 0.05) is 5.56 Å². The van der Waals surface area contributed by atoms with Crippen molar-refractivity contribution < 1.29 is 17.6 Å². The maximum atomic E-state index is 12.3. The second-order valence-electron chi connectivity index (χ2n) is 4.71. The minimum Gasteiger partial charge on any atom is -0.544 e. The largest absolute Gasteiger partial charge is 0.544 e. The van der Waals surface area contributed by atoms with Crippen molar-refractivity contribution in [3.8, 4) is 0 Å². The summed E-state index contributed by atoms with van der Waals surface area (Å²) in [5.74, 6) is 0.429. The minimum atomic E-state index is -4.31. The van der Waals surface area contributed by atoms with Gasteiger partial charge in [-0.1, -0.05) is 18.7 Å². The van der Waals surface area contributed by atoms with Gasteiger partial charge in [0.2, 0.25) is 8.32 Å². The zero-order chi connectivity index (χ0) is 13.3. The third-order valence-corrected chi connectivity index (χ3v) is 2.82. The molecule has 0 N–H and O–H groups in total. The van der Waals surface area contributed by atoms with Gasteiger partial charge in [-0.15, -0.1) is 0 Å². The first kappa shape index (κ1) is 13.8. The lowest BCUT2D eigenvalue weighted by Crippen LogP contribution is -2.24. The second-order valence-corrected chi connectivity index (χ2v) is 9.14. The summed E-state index contributed by atoms with van der Waals surface area (Å²) in [4.78, 5) is 0. The molecule has 0 spiro atoms. The summed E-state index contributed by atoms with van der Waals surface area (Å²) in [6, 6.07) is 4.83. The Morgan fingerprint density at radius 3 is 1.94 bits per heavy atom. The van der Waals surface area contributed by atoms with E-state index in [2.05, 4.69) is 6.58 Å². The fraction of sp³-hybridized carbons (Fsp3) is 0.333. The Balaban J connectivity index is 2.85. The van der Waals surface area contributed by atoms with Gasteiger partial charge >= 0.3 is 6.18 Å². The quantitative estimate of drug-likeness (QED) is 0.573. The van der Waals surface area contributed by atoms with E-state index < -0.39 is 20.1 Å². The molecule has 0 amide bonds. The highest BCUT2D eigenvalue weighted by Crippen LogP contribution is 2.30. The van der Waals surface area contributed by atoms with E-state index in [4.69, 9.17) is 4.43 Å². The van der Waals surface area contributed by atoms with Gasteiger partial charge < -0.3 is 4.43 Å². The van der Waals surface area contributed by atoms with Crippen molar-refractivity contribution >= 4 is 14.1 Å². The molecule has 0 saturated carbocycles. The molecule has 0 aliphatic carbocycles. The van der Waals surface area contributed by atoms with Crippen LogP contribution in [0.4, 0.5) is 13.2 Å². The van der Waals surface area contributed by atoms with E-state index >= 15 is 0 Å². The van der Waals surface area contributed by atoms with Crippen LogP contribution < -0.4 is 0 Å². The van der Waals surface area contributed by atoms with Crippen LogP contribution >= 0.6 is 0 Å². The summed E-state index contributed by atoms with van der Waals surface area (Å²) in [7, 11) is -1.78. The first-order chi connectivity index (χ1) is 7.59. The van der Waals surface area contributed by atoms with E-state index in [1.54, 1.807) is 0 Å². The Labute approximate surface area is 100 Å². The molecule has 0 atom stereocenters. The Bertz CT molecular complexity index is 401. The summed E-state index contributed by atoms with van der Waals surface area (Å²) in [6.45, 7) is 9.70. The van der Waals surface area contributed by atoms with Gasteiger partial charge in [-0.2, -0.15) is 13.2 Å². The number of hydrogen-bond donors (Lipinski definition) is 0. The molecule has 0 aromatic heterocycles. The van der Waals surface area contributed by atoms with E-state index in [1.807, 2.05) is 19.6 Å². The monoisotopic (exact) mass is 260 g/mol. The Hall–Kier alpha value is -1.23. The summed E-state index contributed by atoms with van der Waals surface area (Å²) >= 11 is 0. The average molecular weight is 260 g/mol. The van der Waals surface area contributed by atoms with Crippen molar-refractivity contribution in [2.45, 2.75) is 25.8 Å². The van der Waals surface area contributed by atoms with Crippen molar-refractivity contribution in [3.63, 3.8) is 0 Å². The van der Waals surface area contributed by atoms with Crippen LogP contribution in [0.1, 0.15) is 11.1 Å². The minimum absolute atomic E-state index is 0.429. The Morgan fingerprint density at radius 1 is 1.12 bits per heavy atom. The van der Waals surface area contributed by atoms with Crippen LogP contribution in [0.3, 0.4) is 0 Å². The van der Waals surface area contributed by atoms with E-state index in [1.165, 1.54) is 12.1 Å². The lowest BCUT2D eigenvalue weighted by atomic mass is 10.1. The smallest absolute Gasteiger partial charge is 0.416 e. The molecule has 1 aromatic rings. The summed E-state index contributed by atoms with van der Waals surface area (Å²) in [6.07, 6.45) is -4.31. The lowest BCUT2D eigenvalue weighted by Gasteiger charge is -2.21. The normalized spacial score (nSPS) is 12.4. The molecule has 0 saturated heterocycles. The molecule has 0 bridgehead atoms. The van der Waals surface area contributed by atoms with E-state index in [-0.39, 0.29) is 0 Å². The van der Waals surface area contributed by atoms with Gasteiger partial charge in [0.15, 0.2) is 0 Å². The van der Waals surface area contributed by atoms with Crippen molar-refractivity contribution in [3.05, 3.63) is 42.0 Å². The maximum absolute atomic E-state index is 12.3. The van der Waals surface area contributed by atoms with Gasteiger partial charge in [-0.25, -0.2) is 0 Å². The topological polar surface area (TPSA) is 9.23 Å². The highest BCUT2D eigenvalue weighted by molar-refractivity contribution is 6.70. The average Bonchev–Trinajstić information content (AvgIpc) is 2.14. The first-order valence-corrected chi connectivity index (χ1v) is 8.56. The molecule has 94 valence electrons. The molecule has 1 aromatic carbocycles. The molecule has 0 heterocycles. The fourth-order valence-corrected chi connectivity index (χ4v) is 2.13. The van der Waals surface area contributed by atoms with Crippen LogP contribution in [0.15, 0.2) is 30.8 Å². The molecule has 0 radical (unpaired) electrons. The third-order valence-electron chi connectivity index (χ3n) is 1.96. The molecule has 5 heteroatoms. The van der Waals surface area contributed by atoms with Crippen LogP contribution in [0.2, 0.25) is 19.6 Å². The van der Waals surface area contributed by atoms with Gasteiger partial charge in [0.25, 0.3) is 0 Å². The third kappa shape index (κ3) is 4.26. The molecule has 1 rings (SSSR count). The highest BCUT2D eigenvalue weighted by Gasteiger charge is 2.30. The lowest BCUT2D eigenvalue weighted by molar-refractivity contribution is -0.137. The summed E-state index contributed by atoms with van der Waals surface area (Å²) < 4.78 is 42.6. The van der Waals surface area contributed by atoms with Gasteiger partial charge in [0.05, 0.1) is 5.56 Å². The number of halogens is 3. The molecule has 17 heavy (non-hydrogen) atoms. The van der Waals surface area contributed by atoms with Gasteiger partial charge in [0.1, 0.15) is 5.76 Å². The molecular formula is C12H15F3OSi. The molecule has 0 aliphatic rings. The van der Waals surface area contributed by atoms with Crippen LogP contribution in [0.25, 0.3) is 5.76 Å². The fourth-order valence-electron chi connectivity index (χ4n) is 1.27. The zero-order valence-electron chi connectivity index (χ0n) is 10.1. The van der Waals surface area contributed by atoms with Crippen LogP contribution in [-0.2, 0) is 10.6 Å².